The first kappa shape index (κ1) is 21.9. The van der Waals surface area contributed by atoms with Gasteiger partial charge in [0.15, 0.2) is 0 Å². The Morgan fingerprint density at radius 3 is 2.42 bits per heavy atom. The number of carbonyl (C=O) groups is 1. The standard InChI is InChI=1S/C25H21ClN2O3/c1-17-3-5-18(6-4-17)16-31-24-12-7-19(14-23(24)26)13-20(15-27)25(29)28-21-8-10-22(30-2)11-9-21/h3-14H,16H2,1-2H3,(H,28,29)/b20-13+. The second kappa shape index (κ2) is 10.3. The van der Waals surface area contributed by atoms with Gasteiger partial charge >= 0.3 is 0 Å². The Labute approximate surface area is 186 Å². The molecule has 0 aliphatic heterocycles. The molecule has 1 N–H and O–H groups in total. The molecule has 3 aromatic carbocycles. The van der Waals surface area contributed by atoms with Crippen LogP contribution in [-0.4, -0.2) is 13.0 Å². The van der Waals surface area contributed by atoms with E-state index in [0.29, 0.717) is 34.4 Å². The summed E-state index contributed by atoms with van der Waals surface area (Å²) in [5.74, 6) is 0.692. The number of aryl methyl sites for hydroxylation is 1. The maximum absolute atomic E-state index is 12.4. The molecule has 0 saturated carbocycles. The summed E-state index contributed by atoms with van der Waals surface area (Å²) in [6.45, 7) is 2.42. The molecule has 156 valence electrons. The lowest BCUT2D eigenvalue weighted by Crippen LogP contribution is -2.13. The molecular weight excluding hydrogens is 412 g/mol. The van der Waals surface area contributed by atoms with E-state index in [9.17, 15) is 10.1 Å². The summed E-state index contributed by atoms with van der Waals surface area (Å²) in [4.78, 5) is 12.4. The number of nitrogens with one attached hydrogen (secondary N) is 1. The highest BCUT2D eigenvalue weighted by Crippen LogP contribution is 2.27. The Bertz CT molecular complexity index is 1130. The molecule has 31 heavy (non-hydrogen) atoms. The van der Waals surface area contributed by atoms with Gasteiger partial charge in [-0.1, -0.05) is 47.5 Å². The smallest absolute Gasteiger partial charge is 0.266 e. The molecule has 6 heteroatoms. The van der Waals surface area contributed by atoms with Crippen LogP contribution in [0.15, 0.2) is 72.3 Å². The van der Waals surface area contributed by atoms with Gasteiger partial charge in [-0.15, -0.1) is 0 Å². The predicted molar refractivity (Wildman–Crippen MR) is 122 cm³/mol. The summed E-state index contributed by atoms with van der Waals surface area (Å²) >= 11 is 6.34. The molecule has 3 aromatic rings. The van der Waals surface area contributed by atoms with Gasteiger partial charge in [0.2, 0.25) is 0 Å². The molecule has 0 aliphatic rings. The SMILES string of the molecule is COc1ccc(NC(=O)/C(C#N)=C/c2ccc(OCc3ccc(C)cc3)c(Cl)c2)cc1. The van der Waals surface area contributed by atoms with Crippen LogP contribution in [0, 0.1) is 18.3 Å². The van der Waals surface area contributed by atoms with Crippen molar-refractivity contribution in [1.29, 1.82) is 5.26 Å². The van der Waals surface area contributed by atoms with Crippen molar-refractivity contribution in [3.8, 4) is 17.6 Å². The largest absolute Gasteiger partial charge is 0.497 e. The minimum absolute atomic E-state index is 0.0415. The van der Waals surface area contributed by atoms with Gasteiger partial charge in [-0.3, -0.25) is 4.79 Å². The molecule has 0 spiro atoms. The zero-order valence-electron chi connectivity index (χ0n) is 17.2. The van der Waals surface area contributed by atoms with Crippen LogP contribution in [0.1, 0.15) is 16.7 Å². The molecule has 0 aromatic heterocycles. The summed E-state index contributed by atoms with van der Waals surface area (Å²) in [6, 6.07) is 21.9. The van der Waals surface area contributed by atoms with Crippen molar-refractivity contribution in [3.63, 3.8) is 0 Å². The number of nitriles is 1. The van der Waals surface area contributed by atoms with Gasteiger partial charge in [-0.2, -0.15) is 5.26 Å². The quantitative estimate of drug-likeness (QED) is 0.379. The van der Waals surface area contributed by atoms with Crippen LogP contribution in [-0.2, 0) is 11.4 Å². The monoisotopic (exact) mass is 432 g/mol. The highest BCUT2D eigenvalue weighted by molar-refractivity contribution is 6.32. The minimum Gasteiger partial charge on any atom is -0.497 e. The van der Waals surface area contributed by atoms with Crippen LogP contribution in [0.4, 0.5) is 5.69 Å². The molecule has 0 aliphatic carbocycles. The third-order valence-electron chi connectivity index (χ3n) is 4.49. The molecule has 5 nitrogen and oxygen atoms in total. The number of benzene rings is 3. The number of carbonyl (C=O) groups excluding carboxylic acids is 1. The van der Waals surface area contributed by atoms with E-state index in [1.807, 2.05) is 37.3 Å². The zero-order valence-corrected chi connectivity index (χ0v) is 17.9. The molecule has 0 radical (unpaired) electrons. The molecule has 0 fully saturated rings. The number of halogens is 1. The van der Waals surface area contributed by atoms with Gasteiger partial charge in [-0.05, 0) is 60.5 Å². The number of hydrogen-bond donors (Lipinski definition) is 1. The van der Waals surface area contributed by atoms with E-state index in [0.717, 1.165) is 5.56 Å². The number of nitrogens with zero attached hydrogens (tertiary/aromatic N) is 1. The van der Waals surface area contributed by atoms with E-state index >= 15 is 0 Å². The maximum Gasteiger partial charge on any atom is 0.266 e. The van der Waals surface area contributed by atoms with E-state index < -0.39 is 5.91 Å². The lowest BCUT2D eigenvalue weighted by molar-refractivity contribution is -0.112. The average Bonchev–Trinajstić information content (AvgIpc) is 2.78. The van der Waals surface area contributed by atoms with Crippen LogP contribution in [0.25, 0.3) is 6.08 Å². The molecule has 0 bridgehead atoms. The Balaban J connectivity index is 1.68. The van der Waals surface area contributed by atoms with E-state index in [1.165, 1.54) is 11.6 Å². The highest BCUT2D eigenvalue weighted by atomic mass is 35.5. The molecule has 0 saturated heterocycles. The predicted octanol–water partition coefficient (Wildman–Crippen LogP) is 5.78. The number of hydrogen-bond acceptors (Lipinski definition) is 4. The van der Waals surface area contributed by atoms with Crippen molar-refractivity contribution in [2.45, 2.75) is 13.5 Å². The number of anilines is 1. The van der Waals surface area contributed by atoms with Crippen molar-refractivity contribution in [2.24, 2.45) is 0 Å². The van der Waals surface area contributed by atoms with Gasteiger partial charge in [0.1, 0.15) is 29.7 Å². The number of rotatable bonds is 7. The van der Waals surface area contributed by atoms with Crippen LogP contribution < -0.4 is 14.8 Å². The Kier molecular flexibility index (Phi) is 7.31. The van der Waals surface area contributed by atoms with Crippen LogP contribution in [0.3, 0.4) is 0 Å². The average molecular weight is 433 g/mol. The van der Waals surface area contributed by atoms with Crippen molar-refractivity contribution in [1.82, 2.24) is 0 Å². The molecule has 0 unspecified atom stereocenters. The lowest BCUT2D eigenvalue weighted by Gasteiger charge is -2.09. The Hall–Kier alpha value is -3.75. The topological polar surface area (TPSA) is 71.3 Å². The van der Waals surface area contributed by atoms with Crippen molar-refractivity contribution in [2.75, 3.05) is 12.4 Å². The summed E-state index contributed by atoms with van der Waals surface area (Å²) in [7, 11) is 1.56. The summed E-state index contributed by atoms with van der Waals surface area (Å²) in [6.07, 6.45) is 1.48. The Morgan fingerprint density at radius 1 is 1.10 bits per heavy atom. The van der Waals surface area contributed by atoms with E-state index in [1.54, 1.807) is 49.6 Å². The van der Waals surface area contributed by atoms with Gasteiger partial charge in [0, 0.05) is 5.69 Å². The number of amides is 1. The second-order valence-corrected chi connectivity index (χ2v) is 7.22. The minimum atomic E-state index is -0.511. The first-order valence-electron chi connectivity index (χ1n) is 9.53. The van der Waals surface area contributed by atoms with Crippen LogP contribution in [0.2, 0.25) is 5.02 Å². The van der Waals surface area contributed by atoms with Crippen LogP contribution >= 0.6 is 11.6 Å². The lowest BCUT2D eigenvalue weighted by atomic mass is 10.1. The third kappa shape index (κ3) is 6.11. The molecular formula is C25H21ClN2O3. The summed E-state index contributed by atoms with van der Waals surface area (Å²) < 4.78 is 10.9. The Morgan fingerprint density at radius 2 is 1.81 bits per heavy atom. The first-order valence-corrected chi connectivity index (χ1v) is 9.91. The second-order valence-electron chi connectivity index (χ2n) is 6.82. The fourth-order valence-corrected chi connectivity index (χ4v) is 3.00. The molecule has 0 heterocycles. The van der Waals surface area contributed by atoms with E-state index in [2.05, 4.69) is 5.32 Å². The summed E-state index contributed by atoms with van der Waals surface area (Å²) in [5, 5.41) is 12.5. The first-order chi connectivity index (χ1) is 15.0. The van der Waals surface area contributed by atoms with Crippen LogP contribution in [0.5, 0.6) is 11.5 Å². The number of methoxy groups -OCH3 is 1. The number of ether oxygens (including phenoxy) is 2. The zero-order chi connectivity index (χ0) is 22.2. The highest BCUT2D eigenvalue weighted by Gasteiger charge is 2.11. The fourth-order valence-electron chi connectivity index (χ4n) is 2.76. The van der Waals surface area contributed by atoms with E-state index in [4.69, 9.17) is 21.1 Å². The van der Waals surface area contributed by atoms with E-state index in [-0.39, 0.29) is 5.57 Å². The fraction of sp³-hybridized carbons (Fsp3) is 0.120. The molecule has 0 atom stereocenters. The van der Waals surface area contributed by atoms with Gasteiger partial charge < -0.3 is 14.8 Å². The normalized spacial score (nSPS) is 10.8. The van der Waals surface area contributed by atoms with Crippen molar-refractivity contribution < 1.29 is 14.3 Å². The van der Waals surface area contributed by atoms with Gasteiger partial charge in [0.05, 0.1) is 12.1 Å². The van der Waals surface area contributed by atoms with Crippen molar-refractivity contribution >= 4 is 29.3 Å². The third-order valence-corrected chi connectivity index (χ3v) is 4.79. The van der Waals surface area contributed by atoms with Gasteiger partial charge in [-0.25, -0.2) is 0 Å². The molecule has 1 amide bonds. The van der Waals surface area contributed by atoms with Gasteiger partial charge in [0.25, 0.3) is 5.91 Å². The maximum atomic E-state index is 12.4. The van der Waals surface area contributed by atoms with Crippen molar-refractivity contribution in [3.05, 3.63) is 94.0 Å². The summed E-state index contributed by atoms with van der Waals surface area (Å²) in [5.41, 5.74) is 3.36. The molecule has 3 rings (SSSR count).